The monoisotopic (exact) mass is 372 g/mol. The topological polar surface area (TPSA) is 115 Å². The lowest BCUT2D eigenvalue weighted by molar-refractivity contribution is 0.0695. The molecule has 140 valence electrons. The lowest BCUT2D eigenvalue weighted by Crippen LogP contribution is -2.27. The van der Waals surface area contributed by atoms with Crippen molar-refractivity contribution in [3.63, 3.8) is 0 Å². The molecule has 0 bridgehead atoms. The number of hydrogen-bond acceptors (Lipinski definition) is 6. The van der Waals surface area contributed by atoms with Crippen LogP contribution in [0.15, 0.2) is 33.7 Å². The van der Waals surface area contributed by atoms with Crippen LogP contribution in [-0.2, 0) is 0 Å². The summed E-state index contributed by atoms with van der Waals surface area (Å²) in [6, 6.07) is 4.15. The van der Waals surface area contributed by atoms with Crippen LogP contribution in [0.4, 0.5) is 10.1 Å². The number of carboxylic acid groups (broad SMARTS) is 1. The number of halogens is 1. The second-order valence-electron chi connectivity index (χ2n) is 6.67. The molecule has 9 heteroatoms. The highest BCUT2D eigenvalue weighted by Crippen LogP contribution is 2.29. The van der Waals surface area contributed by atoms with E-state index in [2.05, 4.69) is 5.16 Å². The molecule has 2 aromatic heterocycles. The van der Waals surface area contributed by atoms with Gasteiger partial charge in [-0.1, -0.05) is 5.16 Å². The molecule has 1 aliphatic heterocycles. The summed E-state index contributed by atoms with van der Waals surface area (Å²) >= 11 is 0. The summed E-state index contributed by atoms with van der Waals surface area (Å²) in [5.74, 6) is -1.77. The molecule has 0 unspecified atom stereocenters. The van der Waals surface area contributed by atoms with E-state index in [4.69, 9.17) is 10.3 Å². The minimum Gasteiger partial charge on any atom is -0.477 e. The van der Waals surface area contributed by atoms with Crippen LogP contribution in [0.1, 0.15) is 22.5 Å². The van der Waals surface area contributed by atoms with Gasteiger partial charge < -0.3 is 20.3 Å². The van der Waals surface area contributed by atoms with Crippen molar-refractivity contribution in [2.45, 2.75) is 19.4 Å². The molecular weight excluding hydrogens is 355 g/mol. The van der Waals surface area contributed by atoms with Gasteiger partial charge in [-0.2, -0.15) is 0 Å². The van der Waals surface area contributed by atoms with Crippen molar-refractivity contribution in [3.05, 3.63) is 51.7 Å². The van der Waals surface area contributed by atoms with Gasteiger partial charge in [-0.3, -0.25) is 9.36 Å². The summed E-state index contributed by atoms with van der Waals surface area (Å²) in [6.07, 6.45) is 1.91. The molecule has 4 rings (SSSR count). The van der Waals surface area contributed by atoms with Crippen LogP contribution in [0.25, 0.3) is 16.8 Å². The number of nitrogens with zero attached hydrogens (tertiary/aromatic N) is 3. The number of fused-ring (bicyclic) bond motifs is 1. The summed E-state index contributed by atoms with van der Waals surface area (Å²) in [6.45, 7) is 2.82. The van der Waals surface area contributed by atoms with E-state index in [0.717, 1.165) is 12.5 Å². The molecule has 1 atom stereocenters. The normalized spacial score (nSPS) is 17.0. The number of anilines is 1. The number of rotatable bonds is 3. The fourth-order valence-electron chi connectivity index (χ4n) is 3.38. The summed E-state index contributed by atoms with van der Waals surface area (Å²) in [7, 11) is 0. The van der Waals surface area contributed by atoms with E-state index in [1.807, 2.05) is 4.90 Å². The average molecular weight is 372 g/mol. The van der Waals surface area contributed by atoms with Crippen molar-refractivity contribution in [3.8, 4) is 5.88 Å². The van der Waals surface area contributed by atoms with Gasteiger partial charge in [0.15, 0.2) is 0 Å². The maximum atomic E-state index is 14.7. The molecule has 1 aliphatic rings. The van der Waals surface area contributed by atoms with Gasteiger partial charge in [0.1, 0.15) is 11.4 Å². The van der Waals surface area contributed by atoms with Crippen LogP contribution in [0.3, 0.4) is 0 Å². The van der Waals surface area contributed by atoms with Gasteiger partial charge in [0.05, 0.1) is 22.3 Å². The number of pyridine rings is 1. The van der Waals surface area contributed by atoms with Gasteiger partial charge in [-0.15, -0.1) is 0 Å². The molecule has 0 radical (unpaired) electrons. The van der Waals surface area contributed by atoms with Gasteiger partial charge in [0, 0.05) is 31.4 Å². The quantitative estimate of drug-likeness (QED) is 0.718. The number of hydrogen-bond donors (Lipinski definition) is 2. The fourth-order valence-corrected chi connectivity index (χ4v) is 3.38. The molecule has 8 nitrogen and oxygen atoms in total. The smallest absolute Gasteiger partial charge is 0.341 e. The number of nitrogens with two attached hydrogens (primary N) is 1. The maximum absolute atomic E-state index is 14.7. The van der Waals surface area contributed by atoms with E-state index in [1.165, 1.54) is 16.8 Å². The van der Waals surface area contributed by atoms with E-state index in [1.54, 1.807) is 13.0 Å². The molecule has 3 heterocycles. The minimum absolute atomic E-state index is 0.0475. The van der Waals surface area contributed by atoms with Crippen LogP contribution in [0, 0.1) is 12.7 Å². The third-order valence-electron chi connectivity index (χ3n) is 4.72. The highest BCUT2D eigenvalue weighted by atomic mass is 19.1. The molecular formula is C18H17FN4O4. The predicted molar refractivity (Wildman–Crippen MR) is 96.1 cm³/mol. The summed E-state index contributed by atoms with van der Waals surface area (Å²) < 4.78 is 21.4. The first-order chi connectivity index (χ1) is 12.8. The van der Waals surface area contributed by atoms with Crippen molar-refractivity contribution >= 4 is 22.6 Å². The highest BCUT2D eigenvalue weighted by Gasteiger charge is 2.24. The van der Waals surface area contributed by atoms with Gasteiger partial charge in [0.25, 0.3) is 0 Å². The number of benzene rings is 1. The molecule has 0 amide bonds. The Kier molecular flexibility index (Phi) is 3.96. The SMILES string of the molecule is Cc1cc(-n2cc(C(=O)O)c(=O)c3cc(F)c(N4CC[C@H](N)C4)cc32)on1. The van der Waals surface area contributed by atoms with Gasteiger partial charge in [-0.25, -0.2) is 9.18 Å². The maximum Gasteiger partial charge on any atom is 0.341 e. The second-order valence-corrected chi connectivity index (χ2v) is 6.67. The minimum atomic E-state index is -1.40. The zero-order valence-electron chi connectivity index (χ0n) is 14.5. The lowest BCUT2D eigenvalue weighted by Gasteiger charge is -2.20. The number of carboxylic acids is 1. The van der Waals surface area contributed by atoms with Crippen LogP contribution in [0.2, 0.25) is 0 Å². The van der Waals surface area contributed by atoms with E-state index < -0.39 is 22.8 Å². The van der Waals surface area contributed by atoms with Crippen LogP contribution >= 0.6 is 0 Å². The van der Waals surface area contributed by atoms with Gasteiger partial charge in [0.2, 0.25) is 11.3 Å². The third kappa shape index (κ3) is 2.85. The molecule has 1 aromatic carbocycles. The second kappa shape index (κ2) is 6.20. The average Bonchev–Trinajstić information content (AvgIpc) is 3.23. The van der Waals surface area contributed by atoms with E-state index in [9.17, 15) is 19.1 Å². The Morgan fingerprint density at radius 2 is 2.19 bits per heavy atom. The summed E-state index contributed by atoms with van der Waals surface area (Å²) in [5, 5.41) is 13.1. The zero-order chi connectivity index (χ0) is 19.3. The zero-order valence-corrected chi connectivity index (χ0v) is 14.5. The number of carbonyl (C=O) groups is 1. The van der Waals surface area contributed by atoms with E-state index in [-0.39, 0.29) is 17.3 Å². The Hall–Kier alpha value is -3.20. The Labute approximate surface area is 152 Å². The first-order valence-corrected chi connectivity index (χ1v) is 8.41. The Morgan fingerprint density at radius 1 is 1.41 bits per heavy atom. The van der Waals surface area contributed by atoms with E-state index >= 15 is 0 Å². The number of aromatic nitrogens is 2. The largest absolute Gasteiger partial charge is 0.477 e. The fraction of sp³-hybridized carbons (Fsp3) is 0.278. The predicted octanol–water partition coefficient (Wildman–Crippen LogP) is 1.66. The molecule has 0 aliphatic carbocycles. The van der Waals surface area contributed by atoms with Crippen molar-refractivity contribution in [1.82, 2.24) is 9.72 Å². The van der Waals surface area contributed by atoms with Crippen LogP contribution < -0.4 is 16.1 Å². The molecule has 0 saturated carbocycles. The molecule has 1 fully saturated rings. The Morgan fingerprint density at radius 3 is 2.78 bits per heavy atom. The number of aryl methyl sites for hydroxylation is 1. The lowest BCUT2D eigenvalue weighted by atomic mass is 10.1. The third-order valence-corrected chi connectivity index (χ3v) is 4.72. The van der Waals surface area contributed by atoms with Crippen LogP contribution in [0.5, 0.6) is 0 Å². The Bertz CT molecular complexity index is 1120. The molecule has 27 heavy (non-hydrogen) atoms. The molecule has 0 spiro atoms. The summed E-state index contributed by atoms with van der Waals surface area (Å²) in [4.78, 5) is 25.8. The number of aromatic carboxylic acids is 1. The van der Waals surface area contributed by atoms with Crippen molar-refractivity contribution < 1.29 is 18.8 Å². The van der Waals surface area contributed by atoms with Crippen molar-refractivity contribution in [2.24, 2.45) is 5.73 Å². The van der Waals surface area contributed by atoms with Gasteiger partial charge in [-0.05, 0) is 25.5 Å². The molecule has 3 N–H and O–H groups in total. The molecule has 3 aromatic rings. The van der Waals surface area contributed by atoms with Crippen molar-refractivity contribution in [1.29, 1.82) is 0 Å². The first kappa shape index (κ1) is 17.2. The van der Waals surface area contributed by atoms with Gasteiger partial charge >= 0.3 is 5.97 Å². The molecule has 1 saturated heterocycles. The van der Waals surface area contributed by atoms with Crippen LogP contribution in [-0.4, -0.2) is 39.9 Å². The first-order valence-electron chi connectivity index (χ1n) is 8.41. The van der Waals surface area contributed by atoms with Crippen molar-refractivity contribution in [2.75, 3.05) is 18.0 Å². The standard InChI is InChI=1S/C18H17FN4O4/c1-9-4-16(27-21-9)23-8-12(18(25)26)17(24)11-5-13(19)15(6-14(11)23)22-3-2-10(20)7-22/h4-6,8,10H,2-3,7,20H2,1H3,(H,25,26)/t10-/m0/s1. The Balaban J connectivity index is 2.02. The summed E-state index contributed by atoms with van der Waals surface area (Å²) in [5.41, 5.74) is 5.91. The highest BCUT2D eigenvalue weighted by molar-refractivity contribution is 5.94. The van der Waals surface area contributed by atoms with E-state index in [0.29, 0.717) is 30.0 Å².